The van der Waals surface area contributed by atoms with Crippen molar-refractivity contribution in [2.45, 2.75) is 37.5 Å². The van der Waals surface area contributed by atoms with Crippen LogP contribution in [-0.2, 0) is 4.74 Å². The molecule has 0 radical (unpaired) electrons. The molecule has 1 aromatic carbocycles. The van der Waals surface area contributed by atoms with Gasteiger partial charge in [-0.2, -0.15) is 5.26 Å². The normalized spacial score (nSPS) is 28.1. The molecule has 0 saturated carbocycles. The maximum Gasteiger partial charge on any atom is 0.251 e. The molecule has 1 aromatic rings. The minimum Gasteiger partial charge on any atom is -0.373 e. The molecule has 2 fully saturated rings. The van der Waals surface area contributed by atoms with Gasteiger partial charge in [0, 0.05) is 5.56 Å². The molecule has 0 aliphatic carbocycles. The summed E-state index contributed by atoms with van der Waals surface area (Å²) in [5, 5.41) is 11.7. The van der Waals surface area contributed by atoms with E-state index >= 15 is 0 Å². The van der Waals surface area contributed by atoms with Gasteiger partial charge >= 0.3 is 0 Å². The molecule has 0 unspecified atom stereocenters. The van der Waals surface area contributed by atoms with Gasteiger partial charge in [-0.05, 0) is 37.5 Å². The molecule has 1 amide bonds. The van der Waals surface area contributed by atoms with E-state index in [1.165, 1.54) is 12.1 Å². The van der Waals surface area contributed by atoms with E-state index < -0.39 is 5.82 Å². The summed E-state index contributed by atoms with van der Waals surface area (Å²) in [6.45, 7) is 0. The first-order valence-corrected chi connectivity index (χ1v) is 6.33. The maximum atomic E-state index is 13.2. The molecule has 2 bridgehead atoms. The zero-order valence-electron chi connectivity index (χ0n) is 10.2. The van der Waals surface area contributed by atoms with Crippen molar-refractivity contribution in [1.82, 2.24) is 5.32 Å². The molecule has 2 heterocycles. The molecule has 2 aliphatic rings. The van der Waals surface area contributed by atoms with Crippen LogP contribution in [0.25, 0.3) is 0 Å². The number of nitriles is 1. The molecular formula is C14H13FN2O2. The van der Waals surface area contributed by atoms with Crippen LogP contribution < -0.4 is 5.32 Å². The van der Waals surface area contributed by atoms with Gasteiger partial charge in [0.15, 0.2) is 0 Å². The maximum absolute atomic E-state index is 13.2. The second-order valence-corrected chi connectivity index (χ2v) is 5.00. The molecular weight excluding hydrogens is 247 g/mol. The molecule has 3 rings (SSSR count). The smallest absolute Gasteiger partial charge is 0.251 e. The minimum absolute atomic E-state index is 0.0295. The topological polar surface area (TPSA) is 62.1 Å². The van der Waals surface area contributed by atoms with Crippen LogP contribution in [0, 0.1) is 17.1 Å². The first-order chi connectivity index (χ1) is 9.17. The van der Waals surface area contributed by atoms with E-state index in [1.54, 1.807) is 6.07 Å². The number of ether oxygens (including phenoxy) is 1. The van der Waals surface area contributed by atoms with E-state index in [1.807, 2.05) is 0 Å². The van der Waals surface area contributed by atoms with Crippen molar-refractivity contribution in [3.8, 4) is 6.07 Å². The van der Waals surface area contributed by atoms with Gasteiger partial charge in [-0.25, -0.2) is 4.39 Å². The lowest BCUT2D eigenvalue weighted by atomic mass is 9.95. The molecule has 0 spiro atoms. The highest BCUT2D eigenvalue weighted by molar-refractivity contribution is 5.94. The number of fused-ring (bicyclic) bond motifs is 2. The Labute approximate surface area is 110 Å². The third-order valence-corrected chi connectivity index (χ3v) is 3.77. The van der Waals surface area contributed by atoms with Gasteiger partial charge in [-0.15, -0.1) is 0 Å². The van der Waals surface area contributed by atoms with E-state index in [0.717, 1.165) is 25.3 Å². The number of hydrogen-bond donors (Lipinski definition) is 1. The first kappa shape index (κ1) is 12.1. The Morgan fingerprint density at radius 1 is 1.47 bits per heavy atom. The third kappa shape index (κ3) is 2.20. The van der Waals surface area contributed by atoms with Crippen LogP contribution in [0.4, 0.5) is 4.39 Å². The van der Waals surface area contributed by atoms with E-state index in [2.05, 4.69) is 5.32 Å². The lowest BCUT2D eigenvalue weighted by Gasteiger charge is -2.20. The highest BCUT2D eigenvalue weighted by Gasteiger charge is 2.41. The van der Waals surface area contributed by atoms with Crippen LogP contribution in [0.1, 0.15) is 35.2 Å². The second-order valence-electron chi connectivity index (χ2n) is 5.00. The van der Waals surface area contributed by atoms with Crippen molar-refractivity contribution in [2.75, 3.05) is 0 Å². The number of nitrogens with one attached hydrogen (secondary N) is 1. The zero-order chi connectivity index (χ0) is 13.4. The van der Waals surface area contributed by atoms with Crippen molar-refractivity contribution in [2.24, 2.45) is 0 Å². The van der Waals surface area contributed by atoms with Crippen molar-refractivity contribution in [3.63, 3.8) is 0 Å². The van der Waals surface area contributed by atoms with Gasteiger partial charge in [0.25, 0.3) is 5.91 Å². The molecule has 98 valence electrons. The number of hydrogen-bond acceptors (Lipinski definition) is 3. The average Bonchev–Trinajstić information content (AvgIpc) is 3.01. The second kappa shape index (κ2) is 4.63. The van der Waals surface area contributed by atoms with Gasteiger partial charge in [0.2, 0.25) is 0 Å². The van der Waals surface area contributed by atoms with Crippen LogP contribution in [0.2, 0.25) is 0 Å². The van der Waals surface area contributed by atoms with Crippen molar-refractivity contribution >= 4 is 5.91 Å². The lowest BCUT2D eigenvalue weighted by molar-refractivity contribution is 0.0841. The van der Waals surface area contributed by atoms with Crippen LogP contribution in [0.5, 0.6) is 0 Å². The lowest BCUT2D eigenvalue weighted by Crippen LogP contribution is -2.41. The monoisotopic (exact) mass is 260 g/mol. The number of benzene rings is 1. The van der Waals surface area contributed by atoms with Gasteiger partial charge in [-0.1, -0.05) is 0 Å². The van der Waals surface area contributed by atoms with Gasteiger partial charge < -0.3 is 10.1 Å². The Bertz CT molecular complexity index is 567. The summed E-state index contributed by atoms with van der Waals surface area (Å²) in [4.78, 5) is 12.1. The summed E-state index contributed by atoms with van der Waals surface area (Å²) < 4.78 is 18.8. The van der Waals surface area contributed by atoms with E-state index in [-0.39, 0.29) is 29.7 Å². The van der Waals surface area contributed by atoms with E-state index in [9.17, 15) is 9.18 Å². The third-order valence-electron chi connectivity index (χ3n) is 3.77. The predicted molar refractivity (Wildman–Crippen MR) is 64.9 cm³/mol. The Balaban J connectivity index is 1.72. The summed E-state index contributed by atoms with van der Waals surface area (Å²) in [7, 11) is 0. The minimum atomic E-state index is -0.609. The van der Waals surface area contributed by atoms with Crippen LogP contribution in [0.15, 0.2) is 18.2 Å². The number of amides is 1. The van der Waals surface area contributed by atoms with Crippen molar-refractivity contribution < 1.29 is 13.9 Å². The summed E-state index contributed by atoms with van der Waals surface area (Å²) in [5.74, 6) is -0.889. The van der Waals surface area contributed by atoms with Crippen molar-refractivity contribution in [3.05, 3.63) is 35.1 Å². The van der Waals surface area contributed by atoms with Crippen molar-refractivity contribution in [1.29, 1.82) is 5.26 Å². The van der Waals surface area contributed by atoms with Crippen LogP contribution >= 0.6 is 0 Å². The summed E-state index contributed by atoms with van der Waals surface area (Å²) in [6.07, 6.45) is 3.24. The summed E-state index contributed by atoms with van der Waals surface area (Å²) >= 11 is 0. The molecule has 1 N–H and O–H groups in total. The average molecular weight is 260 g/mol. The van der Waals surface area contributed by atoms with Gasteiger partial charge in [0.05, 0.1) is 23.8 Å². The molecule has 3 atom stereocenters. The molecule has 19 heavy (non-hydrogen) atoms. The van der Waals surface area contributed by atoms with Gasteiger partial charge in [0.1, 0.15) is 11.9 Å². The van der Waals surface area contributed by atoms with E-state index in [0.29, 0.717) is 5.56 Å². The summed E-state index contributed by atoms with van der Waals surface area (Å²) in [6, 6.07) is 5.57. The quantitative estimate of drug-likeness (QED) is 0.881. The molecule has 2 saturated heterocycles. The number of rotatable bonds is 2. The molecule has 0 aromatic heterocycles. The fourth-order valence-electron chi connectivity index (χ4n) is 2.79. The largest absolute Gasteiger partial charge is 0.373 e. The fourth-order valence-corrected chi connectivity index (χ4v) is 2.79. The fraction of sp³-hybridized carbons (Fsp3) is 0.429. The van der Waals surface area contributed by atoms with Crippen LogP contribution in [0.3, 0.4) is 0 Å². The van der Waals surface area contributed by atoms with Gasteiger partial charge in [-0.3, -0.25) is 4.79 Å². The molecule has 2 aliphatic heterocycles. The summed E-state index contributed by atoms with van der Waals surface area (Å²) in [5.41, 5.74) is 0.192. The Kier molecular flexibility index (Phi) is 2.96. The number of nitrogens with zero attached hydrogens (tertiary/aromatic N) is 1. The zero-order valence-corrected chi connectivity index (χ0v) is 10.2. The predicted octanol–water partition coefficient (Wildman–Crippen LogP) is 1.75. The molecule has 5 heteroatoms. The number of carbonyl (C=O) groups is 1. The van der Waals surface area contributed by atoms with Crippen LogP contribution in [-0.4, -0.2) is 24.2 Å². The number of carbonyl (C=O) groups excluding carboxylic acids is 1. The highest BCUT2D eigenvalue weighted by atomic mass is 19.1. The number of halogens is 1. The standard InChI is InChI=1S/C14H13FN2O2/c15-11-3-1-8(5-9(11)7-16)14(18)17-12-6-10-2-4-13(12)19-10/h1,3,5,10,12-13H,2,4,6H2,(H,17,18)/t10-,12+,13-/m1/s1. The van der Waals surface area contributed by atoms with E-state index in [4.69, 9.17) is 10.00 Å². The molecule has 4 nitrogen and oxygen atoms in total. The Morgan fingerprint density at radius 3 is 2.95 bits per heavy atom. The highest BCUT2D eigenvalue weighted by Crippen LogP contribution is 2.34. The first-order valence-electron chi connectivity index (χ1n) is 6.33. The SMILES string of the molecule is N#Cc1cc(C(=O)N[C@H]2C[C@H]3CC[C@H]2O3)ccc1F. The Hall–Kier alpha value is -1.93. The Morgan fingerprint density at radius 2 is 2.32 bits per heavy atom.